The lowest BCUT2D eigenvalue weighted by Crippen LogP contribution is -2.44. The van der Waals surface area contributed by atoms with Crippen molar-refractivity contribution in [3.05, 3.63) is 29.6 Å². The van der Waals surface area contributed by atoms with Gasteiger partial charge < -0.3 is 10.2 Å². The summed E-state index contributed by atoms with van der Waals surface area (Å²) in [6.45, 7) is 1.69. The standard InChI is InChI=1S/C13H16FN3O2/c1-7(13(19)17(2)3)15-11-9-5-4-8(14)6-10(9)16-12(11)18/h4-7,11,15H,1-3H3,(H,16,18). The van der Waals surface area contributed by atoms with Gasteiger partial charge >= 0.3 is 0 Å². The van der Waals surface area contributed by atoms with Gasteiger partial charge in [0.1, 0.15) is 11.9 Å². The molecule has 2 rings (SSSR count). The van der Waals surface area contributed by atoms with E-state index in [2.05, 4.69) is 10.6 Å². The van der Waals surface area contributed by atoms with Crippen LogP contribution in [-0.2, 0) is 9.59 Å². The molecule has 6 heteroatoms. The van der Waals surface area contributed by atoms with Gasteiger partial charge in [-0.3, -0.25) is 14.9 Å². The summed E-state index contributed by atoms with van der Waals surface area (Å²) in [5, 5.41) is 5.56. The van der Waals surface area contributed by atoms with Crippen molar-refractivity contribution in [2.75, 3.05) is 19.4 Å². The number of fused-ring (bicyclic) bond motifs is 1. The Labute approximate surface area is 110 Å². The second kappa shape index (κ2) is 4.97. The molecule has 1 aliphatic heterocycles. The SMILES string of the molecule is CC(NC1C(=O)Nc2cc(F)ccc21)C(=O)N(C)C. The highest BCUT2D eigenvalue weighted by atomic mass is 19.1. The van der Waals surface area contributed by atoms with Gasteiger partial charge in [-0.05, 0) is 19.1 Å². The Morgan fingerprint density at radius 1 is 1.47 bits per heavy atom. The highest BCUT2D eigenvalue weighted by Crippen LogP contribution is 2.31. The molecule has 0 fully saturated rings. The molecule has 0 saturated heterocycles. The number of anilines is 1. The Morgan fingerprint density at radius 2 is 2.16 bits per heavy atom. The molecule has 1 heterocycles. The molecule has 5 nitrogen and oxygen atoms in total. The van der Waals surface area contributed by atoms with Gasteiger partial charge in [0, 0.05) is 25.3 Å². The lowest BCUT2D eigenvalue weighted by molar-refractivity contribution is -0.131. The summed E-state index contributed by atoms with van der Waals surface area (Å²) in [4.78, 5) is 25.1. The fourth-order valence-electron chi connectivity index (χ4n) is 2.11. The molecule has 0 spiro atoms. The summed E-state index contributed by atoms with van der Waals surface area (Å²) in [5.41, 5.74) is 1.11. The van der Waals surface area contributed by atoms with Gasteiger partial charge in [0.2, 0.25) is 11.8 Å². The van der Waals surface area contributed by atoms with E-state index in [9.17, 15) is 14.0 Å². The van der Waals surface area contributed by atoms with Crippen LogP contribution in [0.4, 0.5) is 10.1 Å². The molecule has 1 aromatic rings. The summed E-state index contributed by atoms with van der Waals surface area (Å²) in [5.74, 6) is -0.806. The van der Waals surface area contributed by atoms with E-state index in [1.54, 1.807) is 27.1 Å². The molecule has 2 N–H and O–H groups in total. The number of benzene rings is 1. The number of likely N-dealkylation sites (N-methyl/N-ethyl adjacent to an activating group) is 1. The summed E-state index contributed by atoms with van der Waals surface area (Å²) >= 11 is 0. The average Bonchev–Trinajstić information content (AvgIpc) is 2.63. The molecule has 1 aromatic carbocycles. The number of carbonyl (C=O) groups excluding carboxylic acids is 2. The first-order valence-electron chi connectivity index (χ1n) is 5.97. The zero-order valence-electron chi connectivity index (χ0n) is 11.0. The third-order valence-corrected chi connectivity index (χ3v) is 3.07. The van der Waals surface area contributed by atoms with Crippen LogP contribution in [0.25, 0.3) is 0 Å². The summed E-state index contributed by atoms with van der Waals surface area (Å²) in [7, 11) is 3.30. The zero-order chi connectivity index (χ0) is 14.2. The molecule has 2 amide bonds. The van der Waals surface area contributed by atoms with Gasteiger partial charge in [0.05, 0.1) is 6.04 Å². The maximum Gasteiger partial charge on any atom is 0.246 e. The van der Waals surface area contributed by atoms with Gasteiger partial charge in [0.15, 0.2) is 0 Å². The van der Waals surface area contributed by atoms with Crippen LogP contribution in [0.1, 0.15) is 18.5 Å². The van der Waals surface area contributed by atoms with E-state index in [0.717, 1.165) is 0 Å². The predicted molar refractivity (Wildman–Crippen MR) is 69.1 cm³/mol. The number of hydrogen-bond donors (Lipinski definition) is 2. The monoisotopic (exact) mass is 265 g/mol. The largest absolute Gasteiger partial charge is 0.347 e. The molecular formula is C13H16FN3O2. The summed E-state index contributed by atoms with van der Waals surface area (Å²) < 4.78 is 13.1. The van der Waals surface area contributed by atoms with Crippen molar-refractivity contribution in [2.24, 2.45) is 0 Å². The van der Waals surface area contributed by atoms with Crippen LogP contribution in [-0.4, -0.2) is 36.9 Å². The topological polar surface area (TPSA) is 61.4 Å². The van der Waals surface area contributed by atoms with Crippen molar-refractivity contribution < 1.29 is 14.0 Å². The summed E-state index contributed by atoms with van der Waals surface area (Å²) in [6, 6.07) is 2.99. The maximum absolute atomic E-state index is 13.1. The fraction of sp³-hybridized carbons (Fsp3) is 0.385. The van der Waals surface area contributed by atoms with E-state index < -0.39 is 17.9 Å². The molecule has 0 bridgehead atoms. The maximum atomic E-state index is 13.1. The molecule has 2 unspecified atom stereocenters. The van der Waals surface area contributed by atoms with E-state index in [-0.39, 0.29) is 11.8 Å². The number of rotatable bonds is 3. The minimum Gasteiger partial charge on any atom is -0.347 e. The fourth-order valence-corrected chi connectivity index (χ4v) is 2.11. The van der Waals surface area contributed by atoms with Crippen LogP contribution in [0.2, 0.25) is 0 Å². The van der Waals surface area contributed by atoms with Gasteiger partial charge in [-0.15, -0.1) is 0 Å². The molecule has 19 heavy (non-hydrogen) atoms. The van der Waals surface area contributed by atoms with Crippen LogP contribution < -0.4 is 10.6 Å². The second-order valence-electron chi connectivity index (χ2n) is 4.77. The van der Waals surface area contributed by atoms with Crippen LogP contribution in [0, 0.1) is 5.82 Å². The van der Waals surface area contributed by atoms with E-state index >= 15 is 0 Å². The molecule has 0 aromatic heterocycles. The van der Waals surface area contributed by atoms with E-state index in [4.69, 9.17) is 0 Å². The van der Waals surface area contributed by atoms with Crippen LogP contribution in [0.5, 0.6) is 0 Å². The first kappa shape index (κ1) is 13.5. The zero-order valence-corrected chi connectivity index (χ0v) is 11.0. The molecular weight excluding hydrogens is 249 g/mol. The number of halogens is 1. The van der Waals surface area contributed by atoms with Crippen molar-refractivity contribution in [1.29, 1.82) is 0 Å². The Bertz CT molecular complexity index is 531. The summed E-state index contributed by atoms with van der Waals surface area (Å²) in [6.07, 6.45) is 0. The lowest BCUT2D eigenvalue weighted by Gasteiger charge is -2.21. The lowest BCUT2D eigenvalue weighted by atomic mass is 10.1. The average molecular weight is 265 g/mol. The normalized spacial score (nSPS) is 18.7. The number of amides is 2. The van der Waals surface area contributed by atoms with Gasteiger partial charge in [0.25, 0.3) is 0 Å². The Balaban J connectivity index is 2.19. The highest BCUT2D eigenvalue weighted by Gasteiger charge is 2.33. The molecule has 0 radical (unpaired) electrons. The number of nitrogens with one attached hydrogen (secondary N) is 2. The van der Waals surface area contributed by atoms with Gasteiger partial charge in [-0.25, -0.2) is 4.39 Å². The Morgan fingerprint density at radius 3 is 2.79 bits per heavy atom. The van der Waals surface area contributed by atoms with E-state index in [1.807, 2.05) is 0 Å². The van der Waals surface area contributed by atoms with Crippen LogP contribution in [0.15, 0.2) is 18.2 Å². The molecule has 0 aliphatic carbocycles. The third-order valence-electron chi connectivity index (χ3n) is 3.07. The van der Waals surface area contributed by atoms with Crippen molar-refractivity contribution in [3.63, 3.8) is 0 Å². The van der Waals surface area contributed by atoms with E-state index in [0.29, 0.717) is 11.3 Å². The van der Waals surface area contributed by atoms with Crippen molar-refractivity contribution in [2.45, 2.75) is 19.0 Å². The first-order chi connectivity index (χ1) is 8.90. The number of nitrogens with zero attached hydrogens (tertiary/aromatic N) is 1. The molecule has 0 saturated carbocycles. The molecule has 1 aliphatic rings. The highest BCUT2D eigenvalue weighted by molar-refractivity contribution is 6.02. The van der Waals surface area contributed by atoms with Crippen LogP contribution >= 0.6 is 0 Å². The van der Waals surface area contributed by atoms with Crippen molar-refractivity contribution >= 4 is 17.5 Å². The predicted octanol–water partition coefficient (Wildman–Crippen LogP) is 0.885. The van der Waals surface area contributed by atoms with Gasteiger partial charge in [-0.1, -0.05) is 6.07 Å². The van der Waals surface area contributed by atoms with E-state index in [1.165, 1.54) is 17.0 Å². The quantitative estimate of drug-likeness (QED) is 0.853. The second-order valence-corrected chi connectivity index (χ2v) is 4.77. The Hall–Kier alpha value is -1.95. The Kier molecular flexibility index (Phi) is 3.53. The first-order valence-corrected chi connectivity index (χ1v) is 5.97. The van der Waals surface area contributed by atoms with Crippen molar-refractivity contribution in [1.82, 2.24) is 10.2 Å². The number of carbonyl (C=O) groups is 2. The van der Waals surface area contributed by atoms with Crippen molar-refractivity contribution in [3.8, 4) is 0 Å². The number of hydrogen-bond acceptors (Lipinski definition) is 3. The van der Waals surface area contributed by atoms with Crippen LogP contribution in [0.3, 0.4) is 0 Å². The smallest absolute Gasteiger partial charge is 0.246 e. The third kappa shape index (κ3) is 2.58. The minimum absolute atomic E-state index is 0.122. The van der Waals surface area contributed by atoms with Gasteiger partial charge in [-0.2, -0.15) is 0 Å². The molecule has 2 atom stereocenters. The molecule has 102 valence electrons. The minimum atomic E-state index is -0.630.